The molecule has 12 heteroatoms. The summed E-state index contributed by atoms with van der Waals surface area (Å²) in [6.45, 7) is 9.05. The van der Waals surface area contributed by atoms with Gasteiger partial charge in [-0.15, -0.1) is 0 Å². The van der Waals surface area contributed by atoms with Crippen LogP contribution in [0.4, 0.5) is 0 Å². The summed E-state index contributed by atoms with van der Waals surface area (Å²) in [7, 11) is 0. The summed E-state index contributed by atoms with van der Waals surface area (Å²) in [4.78, 5) is 0. The summed E-state index contributed by atoms with van der Waals surface area (Å²) in [5.41, 5.74) is 1.78. The van der Waals surface area contributed by atoms with Gasteiger partial charge in [0.05, 0.1) is 31.5 Å². The molecule has 7 fully saturated rings. The van der Waals surface area contributed by atoms with Crippen molar-refractivity contribution in [3.05, 3.63) is 11.6 Å². The molecule has 0 bridgehead atoms. The second-order valence-electron chi connectivity index (χ2n) is 17.9. The van der Waals surface area contributed by atoms with Gasteiger partial charge in [0.1, 0.15) is 42.7 Å². The SMILES string of the molecule is CC1CC[C@@]2(C[C@H]3[C@H](CC4[C@@H]5CC=C6C[C@@H](O[C@@H]7O[C@H](CO)[C@@H](O[C@@H]8O[C@@H](C)[C@H](O)[C@@H](O)[C@H]8O)[C@H](O)[C@H]7O)CC[C@]6(C)C5CC[C@@]43C)O2)OC1. The smallest absolute Gasteiger partial charge is 0.187 e. The fourth-order valence-corrected chi connectivity index (χ4v) is 12.0. The van der Waals surface area contributed by atoms with Crippen molar-refractivity contribution in [3.8, 4) is 0 Å². The molecule has 0 aromatic rings. The Bertz CT molecular complexity index is 1270. The van der Waals surface area contributed by atoms with Gasteiger partial charge >= 0.3 is 0 Å². The Labute approximate surface area is 295 Å². The number of rotatable bonds is 5. The second-order valence-corrected chi connectivity index (χ2v) is 17.9. The maximum absolute atomic E-state index is 11.1. The van der Waals surface area contributed by atoms with E-state index in [2.05, 4.69) is 26.8 Å². The lowest BCUT2D eigenvalue weighted by atomic mass is 9.47. The van der Waals surface area contributed by atoms with Gasteiger partial charge < -0.3 is 59.1 Å². The van der Waals surface area contributed by atoms with Gasteiger partial charge in [-0.3, -0.25) is 0 Å². The van der Waals surface area contributed by atoms with Crippen molar-refractivity contribution < 1.29 is 59.1 Å². The first-order valence-electron chi connectivity index (χ1n) is 19.4. The number of hydrogen-bond acceptors (Lipinski definition) is 12. The van der Waals surface area contributed by atoms with Gasteiger partial charge in [-0.1, -0.05) is 32.4 Å². The molecule has 8 aliphatic rings. The van der Waals surface area contributed by atoms with E-state index in [1.165, 1.54) is 31.8 Å². The predicted molar refractivity (Wildman–Crippen MR) is 177 cm³/mol. The zero-order valence-electron chi connectivity index (χ0n) is 30.0. The first kappa shape index (κ1) is 36.2. The molecule has 4 heterocycles. The molecule has 0 amide bonds. The van der Waals surface area contributed by atoms with Crippen LogP contribution in [0.25, 0.3) is 0 Å². The molecule has 284 valence electrons. The van der Waals surface area contributed by atoms with Crippen molar-refractivity contribution >= 4 is 0 Å². The lowest BCUT2D eigenvalue weighted by Gasteiger charge is -2.58. The van der Waals surface area contributed by atoms with E-state index in [0.717, 1.165) is 51.6 Å². The maximum atomic E-state index is 11.1. The number of allylic oxidation sites excluding steroid dienone is 1. The van der Waals surface area contributed by atoms with E-state index in [1.54, 1.807) is 0 Å². The molecule has 4 aliphatic carbocycles. The summed E-state index contributed by atoms with van der Waals surface area (Å²) in [6, 6.07) is 0. The van der Waals surface area contributed by atoms with Crippen LogP contribution in [0.15, 0.2) is 11.6 Å². The maximum Gasteiger partial charge on any atom is 0.187 e. The van der Waals surface area contributed by atoms with Crippen LogP contribution in [0.3, 0.4) is 0 Å². The van der Waals surface area contributed by atoms with E-state index in [9.17, 15) is 30.6 Å². The van der Waals surface area contributed by atoms with Crippen molar-refractivity contribution in [1.82, 2.24) is 0 Å². The zero-order valence-corrected chi connectivity index (χ0v) is 30.0. The molecular weight excluding hydrogens is 648 g/mol. The second kappa shape index (κ2) is 13.2. The van der Waals surface area contributed by atoms with Crippen molar-refractivity contribution in [3.63, 3.8) is 0 Å². The van der Waals surface area contributed by atoms with E-state index >= 15 is 0 Å². The van der Waals surface area contributed by atoms with Crippen molar-refractivity contribution in [1.29, 1.82) is 0 Å². The minimum absolute atomic E-state index is 0.0841. The first-order chi connectivity index (χ1) is 23.8. The third kappa shape index (κ3) is 5.78. The topological polar surface area (TPSA) is 177 Å². The average Bonchev–Trinajstić information content (AvgIpc) is 3.59. The summed E-state index contributed by atoms with van der Waals surface area (Å²) < 4.78 is 36.9. The summed E-state index contributed by atoms with van der Waals surface area (Å²) >= 11 is 0. The molecule has 0 radical (unpaired) electrons. The van der Waals surface area contributed by atoms with E-state index in [4.69, 9.17) is 28.4 Å². The van der Waals surface area contributed by atoms with Gasteiger partial charge in [-0.05, 0) is 98.7 Å². The average molecular weight is 709 g/mol. The highest BCUT2D eigenvalue weighted by Gasteiger charge is 2.66. The quantitative estimate of drug-likeness (QED) is 0.230. The highest BCUT2D eigenvalue weighted by molar-refractivity contribution is 5.26. The standard InChI is InChI=1S/C38H60O12/c1-18-7-12-38(45-17-18)15-25-26(50-38)14-24-22-6-5-20-13-21(8-10-36(20,3)23(22)9-11-37(24,25)4)47-35-32(44)30(42)33(27(16-39)48-35)49-34-31(43)29(41)28(40)19(2)46-34/h5,18-19,21-35,39-44H,6-17H2,1-4H3/t18?,19-,21-,22+,23?,24?,25-,26-,27+,28-,29+,30+,31+,32+,33+,34-,35+,36-,37-,38+/m0/s1. The van der Waals surface area contributed by atoms with Crippen molar-refractivity contribution in [2.24, 2.45) is 40.4 Å². The van der Waals surface area contributed by atoms with Gasteiger partial charge in [-0.2, -0.15) is 0 Å². The molecular formula is C38H60O12. The van der Waals surface area contributed by atoms with Gasteiger partial charge in [0.2, 0.25) is 0 Å². The molecule has 3 saturated carbocycles. The Morgan fingerprint density at radius 2 is 1.58 bits per heavy atom. The molecule has 1 spiro atoms. The summed E-state index contributed by atoms with van der Waals surface area (Å²) in [6.07, 6.45) is -0.376. The van der Waals surface area contributed by atoms with E-state index in [-0.39, 0.29) is 22.7 Å². The molecule has 4 aliphatic heterocycles. The van der Waals surface area contributed by atoms with E-state index in [1.807, 2.05) is 0 Å². The Morgan fingerprint density at radius 3 is 2.32 bits per heavy atom. The van der Waals surface area contributed by atoms with Crippen LogP contribution in [0.2, 0.25) is 0 Å². The van der Waals surface area contributed by atoms with Crippen LogP contribution in [-0.2, 0) is 28.4 Å². The predicted octanol–water partition coefficient (Wildman–Crippen LogP) is 2.14. The minimum atomic E-state index is -1.61. The molecule has 0 aromatic heterocycles. The van der Waals surface area contributed by atoms with Crippen LogP contribution in [0.5, 0.6) is 0 Å². The van der Waals surface area contributed by atoms with E-state index in [0.29, 0.717) is 35.7 Å². The van der Waals surface area contributed by atoms with Gasteiger partial charge in [-0.25, -0.2) is 0 Å². The monoisotopic (exact) mass is 708 g/mol. The van der Waals surface area contributed by atoms with Crippen molar-refractivity contribution in [2.75, 3.05) is 13.2 Å². The first-order valence-corrected chi connectivity index (χ1v) is 19.4. The number of hydrogen-bond donors (Lipinski definition) is 6. The molecule has 20 atom stereocenters. The normalized spacial score (nSPS) is 57.8. The number of aliphatic hydroxyl groups excluding tert-OH is 6. The molecule has 6 N–H and O–H groups in total. The van der Waals surface area contributed by atoms with Gasteiger partial charge in [0, 0.05) is 12.8 Å². The largest absolute Gasteiger partial charge is 0.394 e. The van der Waals surface area contributed by atoms with Crippen LogP contribution in [0, 0.1) is 40.4 Å². The summed E-state index contributed by atoms with van der Waals surface area (Å²) in [5.74, 6) is 2.71. The zero-order chi connectivity index (χ0) is 35.3. The molecule has 12 nitrogen and oxygen atoms in total. The highest BCUT2D eigenvalue weighted by atomic mass is 16.7. The minimum Gasteiger partial charge on any atom is -0.394 e. The third-order valence-electron chi connectivity index (χ3n) is 15.1. The Balaban J connectivity index is 0.906. The van der Waals surface area contributed by atoms with Crippen LogP contribution in [-0.4, -0.2) is 123 Å². The Hall–Kier alpha value is -0.740. The molecule has 50 heavy (non-hydrogen) atoms. The van der Waals surface area contributed by atoms with Gasteiger partial charge in [0.15, 0.2) is 18.4 Å². The molecule has 3 unspecified atom stereocenters. The number of aliphatic hydroxyl groups is 6. The molecule has 4 saturated heterocycles. The Morgan fingerprint density at radius 1 is 0.820 bits per heavy atom. The van der Waals surface area contributed by atoms with Crippen molar-refractivity contribution in [2.45, 2.75) is 171 Å². The van der Waals surface area contributed by atoms with E-state index < -0.39 is 68.0 Å². The fraction of sp³-hybridized carbons (Fsp3) is 0.947. The van der Waals surface area contributed by atoms with Crippen LogP contribution < -0.4 is 0 Å². The lowest BCUT2D eigenvalue weighted by Crippen LogP contribution is -2.64. The summed E-state index contributed by atoms with van der Waals surface area (Å²) in [5, 5.41) is 63.0. The Kier molecular flexibility index (Phi) is 9.59. The highest BCUT2D eigenvalue weighted by Crippen LogP contribution is 2.69. The third-order valence-corrected chi connectivity index (χ3v) is 15.1. The molecule has 0 aromatic carbocycles. The van der Waals surface area contributed by atoms with Crippen LogP contribution in [0.1, 0.15) is 91.9 Å². The van der Waals surface area contributed by atoms with Crippen LogP contribution >= 0.6 is 0 Å². The fourth-order valence-electron chi connectivity index (χ4n) is 12.0. The number of fused-ring (bicyclic) bond motifs is 7. The number of ether oxygens (including phenoxy) is 6. The van der Waals surface area contributed by atoms with Gasteiger partial charge in [0.25, 0.3) is 0 Å². The lowest BCUT2D eigenvalue weighted by molar-refractivity contribution is -0.360. The molecule has 8 rings (SSSR count).